The Bertz CT molecular complexity index is 874. The van der Waals surface area contributed by atoms with Gasteiger partial charge in [-0.25, -0.2) is 13.9 Å². The molecule has 0 radical (unpaired) electrons. The molecular weight excluding hydrogens is 375 g/mol. The highest BCUT2D eigenvalue weighted by molar-refractivity contribution is 8.13. The first-order chi connectivity index (χ1) is 12.5. The van der Waals surface area contributed by atoms with Gasteiger partial charge in [0.05, 0.1) is 19.2 Å². The van der Waals surface area contributed by atoms with Crippen LogP contribution < -0.4 is 9.64 Å². The minimum Gasteiger partial charge on any atom is -0.497 e. The summed E-state index contributed by atoms with van der Waals surface area (Å²) < 4.78 is 21.7. The second-order valence-electron chi connectivity index (χ2n) is 6.36. The Morgan fingerprint density at radius 1 is 1.27 bits per heavy atom. The third kappa shape index (κ3) is 2.86. The number of hydrogen-bond donors (Lipinski definition) is 1. The van der Waals surface area contributed by atoms with E-state index in [-0.39, 0.29) is 12.1 Å². The molecule has 0 saturated carbocycles. The first kappa shape index (κ1) is 17.6. The minimum absolute atomic E-state index is 0.250. The number of benzene rings is 2. The first-order valence-electron chi connectivity index (χ1n) is 8.40. The predicted octanol–water partition coefficient (Wildman–Crippen LogP) is 3.66. The lowest BCUT2D eigenvalue weighted by Gasteiger charge is -2.24. The summed E-state index contributed by atoms with van der Waals surface area (Å²) in [6, 6.07) is 12.1. The topological polar surface area (TPSA) is 35.7 Å². The lowest BCUT2D eigenvalue weighted by Crippen LogP contribution is -2.42. The second-order valence-corrected chi connectivity index (χ2v) is 7.86. The van der Waals surface area contributed by atoms with Crippen LogP contribution in [-0.4, -0.2) is 40.8 Å². The molecule has 2 aliphatic rings. The fourth-order valence-corrected chi connectivity index (χ4v) is 4.81. The monoisotopic (exact) mass is 393 g/mol. The van der Waals surface area contributed by atoms with E-state index >= 15 is 0 Å². The van der Waals surface area contributed by atoms with Gasteiger partial charge in [0.15, 0.2) is 6.54 Å². The van der Waals surface area contributed by atoms with Crippen LogP contribution >= 0.6 is 23.4 Å². The van der Waals surface area contributed by atoms with Crippen LogP contribution in [0.5, 0.6) is 5.75 Å². The van der Waals surface area contributed by atoms with Crippen LogP contribution in [0.2, 0.25) is 5.02 Å². The number of anilines is 1. The zero-order valence-corrected chi connectivity index (χ0v) is 15.9. The van der Waals surface area contributed by atoms with Gasteiger partial charge in [0.1, 0.15) is 17.3 Å². The number of halogens is 2. The molecule has 0 aliphatic carbocycles. The number of β-amino-alcohol motifs (C(OH)–C–C–N with tert-alkyl or cyclic N) is 1. The van der Waals surface area contributed by atoms with Gasteiger partial charge in [-0.1, -0.05) is 11.6 Å². The average Bonchev–Trinajstić information content (AvgIpc) is 2.96. The zero-order valence-electron chi connectivity index (χ0n) is 14.3. The van der Waals surface area contributed by atoms with E-state index in [9.17, 15) is 9.50 Å². The Balaban J connectivity index is 1.80. The van der Waals surface area contributed by atoms with Crippen LogP contribution in [-0.2, 0) is 5.72 Å². The van der Waals surface area contributed by atoms with Crippen molar-refractivity contribution >= 4 is 34.2 Å². The smallest absolute Gasteiger partial charge is 0.316 e. The Labute approximate surface area is 160 Å². The average molecular weight is 394 g/mol. The molecule has 4 nitrogen and oxygen atoms in total. The van der Waals surface area contributed by atoms with Crippen molar-refractivity contribution in [3.8, 4) is 5.75 Å². The molecule has 7 heteroatoms. The highest BCUT2D eigenvalue weighted by Gasteiger charge is 2.54. The molecule has 0 amide bonds. The van der Waals surface area contributed by atoms with Gasteiger partial charge in [-0.05, 0) is 54.6 Å². The Hall–Kier alpha value is -1.76. The number of rotatable bonds is 3. The molecular formula is C19H19ClFN2O2S+. The van der Waals surface area contributed by atoms with Crippen molar-refractivity contribution in [1.29, 1.82) is 0 Å². The fourth-order valence-electron chi connectivity index (χ4n) is 3.50. The summed E-state index contributed by atoms with van der Waals surface area (Å²) in [5.74, 6) is 0.927. The number of hydrogen-bond acceptors (Lipinski definition) is 4. The Kier molecular flexibility index (Phi) is 4.59. The van der Waals surface area contributed by atoms with E-state index in [1.165, 1.54) is 13.2 Å². The number of amidine groups is 1. The number of aliphatic hydroxyl groups is 1. The van der Waals surface area contributed by atoms with Crippen molar-refractivity contribution < 1.29 is 18.8 Å². The Morgan fingerprint density at radius 2 is 2.04 bits per heavy atom. The van der Waals surface area contributed by atoms with E-state index in [1.54, 1.807) is 23.9 Å². The van der Waals surface area contributed by atoms with Gasteiger partial charge in [0, 0.05) is 16.8 Å². The van der Waals surface area contributed by atoms with Gasteiger partial charge < -0.3 is 9.84 Å². The summed E-state index contributed by atoms with van der Waals surface area (Å²) in [5.41, 5.74) is -0.248. The maximum Gasteiger partial charge on any atom is 0.316 e. The van der Waals surface area contributed by atoms with Crippen molar-refractivity contribution in [3.63, 3.8) is 0 Å². The van der Waals surface area contributed by atoms with Crippen LogP contribution in [0.25, 0.3) is 0 Å². The molecule has 0 unspecified atom stereocenters. The molecule has 136 valence electrons. The van der Waals surface area contributed by atoms with Crippen molar-refractivity contribution in [2.75, 3.05) is 30.9 Å². The molecule has 2 aromatic rings. The molecule has 0 saturated heterocycles. The number of thioether (sulfide) groups is 1. The molecule has 0 spiro atoms. The summed E-state index contributed by atoms with van der Waals surface area (Å²) in [6.45, 7) is 0.925. The van der Waals surface area contributed by atoms with Gasteiger partial charge in [-0.3, -0.25) is 0 Å². The summed E-state index contributed by atoms with van der Waals surface area (Å²) in [4.78, 5) is 2.03. The van der Waals surface area contributed by atoms with E-state index in [1.807, 2.05) is 33.7 Å². The van der Waals surface area contributed by atoms with Crippen LogP contribution in [0.4, 0.5) is 10.1 Å². The predicted molar refractivity (Wildman–Crippen MR) is 103 cm³/mol. The molecule has 2 aliphatic heterocycles. The third-order valence-electron chi connectivity index (χ3n) is 4.79. The molecule has 2 heterocycles. The van der Waals surface area contributed by atoms with Gasteiger partial charge >= 0.3 is 5.17 Å². The van der Waals surface area contributed by atoms with Gasteiger partial charge in [-0.2, -0.15) is 0 Å². The molecule has 2 aromatic carbocycles. The third-order valence-corrected chi connectivity index (χ3v) is 6.23. The number of nitrogens with zero attached hydrogens (tertiary/aromatic N) is 2. The van der Waals surface area contributed by atoms with Crippen molar-refractivity contribution in [3.05, 3.63) is 58.9 Å². The largest absolute Gasteiger partial charge is 0.497 e. The molecule has 0 aromatic heterocycles. The SMILES string of the molecule is COc1ccc([C@]2(O)CN(c3ccc(Cl)cc3)C3=[N+]2CCCS3)c(F)c1. The van der Waals surface area contributed by atoms with E-state index in [0.717, 1.165) is 23.0 Å². The minimum atomic E-state index is -1.43. The lowest BCUT2D eigenvalue weighted by molar-refractivity contribution is -0.657. The standard InChI is InChI=1S/C19H19ClFN2O2S/c1-25-15-7-8-16(17(21)11-15)19(24)12-22(14-5-3-13(20)4-6-14)18-23(19)9-2-10-26-18/h3-8,11,24H,2,9-10,12H2,1H3/q+1/t19-/m1/s1. The van der Waals surface area contributed by atoms with Crippen LogP contribution in [0.15, 0.2) is 42.5 Å². The van der Waals surface area contributed by atoms with Gasteiger partial charge in [-0.15, -0.1) is 0 Å². The van der Waals surface area contributed by atoms with Crippen LogP contribution in [0, 0.1) is 5.82 Å². The van der Waals surface area contributed by atoms with Gasteiger partial charge in [0.25, 0.3) is 5.72 Å². The normalized spacial score (nSPS) is 22.5. The van der Waals surface area contributed by atoms with E-state index in [4.69, 9.17) is 16.3 Å². The molecule has 26 heavy (non-hydrogen) atoms. The maximum absolute atomic E-state index is 14.8. The first-order valence-corrected chi connectivity index (χ1v) is 9.76. The van der Waals surface area contributed by atoms with E-state index in [0.29, 0.717) is 17.3 Å². The zero-order chi connectivity index (χ0) is 18.3. The summed E-state index contributed by atoms with van der Waals surface area (Å²) in [5, 5.41) is 13.1. The van der Waals surface area contributed by atoms with E-state index in [2.05, 4.69) is 0 Å². The maximum atomic E-state index is 14.8. The quantitative estimate of drug-likeness (QED) is 0.807. The molecule has 1 atom stereocenters. The van der Waals surface area contributed by atoms with Crippen LogP contribution in [0.3, 0.4) is 0 Å². The molecule has 1 N–H and O–H groups in total. The Morgan fingerprint density at radius 3 is 2.73 bits per heavy atom. The summed E-state index contributed by atoms with van der Waals surface area (Å²) >= 11 is 7.69. The number of methoxy groups -OCH3 is 1. The van der Waals surface area contributed by atoms with Crippen molar-refractivity contribution in [2.45, 2.75) is 12.1 Å². The fraction of sp³-hybridized carbons (Fsp3) is 0.316. The highest BCUT2D eigenvalue weighted by Crippen LogP contribution is 2.39. The van der Waals surface area contributed by atoms with Crippen molar-refractivity contribution in [1.82, 2.24) is 0 Å². The molecule has 4 rings (SSSR count). The van der Waals surface area contributed by atoms with Crippen LogP contribution in [0.1, 0.15) is 12.0 Å². The van der Waals surface area contributed by atoms with Gasteiger partial charge in [0.2, 0.25) is 0 Å². The molecule has 0 fully saturated rings. The summed E-state index contributed by atoms with van der Waals surface area (Å²) in [6.07, 6.45) is 0.933. The molecule has 0 bridgehead atoms. The lowest BCUT2D eigenvalue weighted by atomic mass is 10.0. The van der Waals surface area contributed by atoms with Crippen molar-refractivity contribution in [2.24, 2.45) is 0 Å². The summed E-state index contributed by atoms with van der Waals surface area (Å²) in [7, 11) is 1.49. The number of ether oxygens (including phenoxy) is 1. The van der Waals surface area contributed by atoms with E-state index < -0.39 is 11.5 Å². The second kappa shape index (κ2) is 6.76. The highest BCUT2D eigenvalue weighted by atomic mass is 35.5.